The van der Waals surface area contributed by atoms with Crippen molar-refractivity contribution in [3.8, 4) is 0 Å². The molecule has 2 heterocycles. The number of hydrogen-bond acceptors (Lipinski definition) is 6. The topological polar surface area (TPSA) is 167 Å². The third-order valence-electron chi connectivity index (χ3n) is 2.96. The number of nitrogen functional groups attached to an aromatic ring is 1. The number of aromatic nitrogens is 4. The molecule has 0 spiro atoms. The first-order valence-corrected chi connectivity index (χ1v) is 7.32. The summed E-state index contributed by atoms with van der Waals surface area (Å²) in [5.74, 6) is -0.109. The molecule has 110 valence electrons. The summed E-state index contributed by atoms with van der Waals surface area (Å²) < 4.78 is 12.4. The van der Waals surface area contributed by atoms with Crippen LogP contribution >= 0.6 is 7.60 Å². The highest BCUT2D eigenvalue weighted by Crippen LogP contribution is 2.42. The highest BCUT2D eigenvalue weighted by Gasteiger charge is 2.31. The van der Waals surface area contributed by atoms with Crippen LogP contribution in [0.25, 0.3) is 11.2 Å². The van der Waals surface area contributed by atoms with Gasteiger partial charge in [-0.3, -0.25) is 14.3 Å². The van der Waals surface area contributed by atoms with Crippen molar-refractivity contribution in [3.63, 3.8) is 0 Å². The van der Waals surface area contributed by atoms with Crippen molar-refractivity contribution in [2.45, 2.75) is 25.2 Å². The number of rotatable bonds is 4. The highest BCUT2D eigenvalue weighted by molar-refractivity contribution is 7.52. The van der Waals surface area contributed by atoms with Gasteiger partial charge < -0.3 is 25.2 Å². The quantitative estimate of drug-likeness (QED) is 0.431. The number of nitrogens with zero attached hydrogens (tertiary/aromatic N) is 3. The van der Waals surface area contributed by atoms with Crippen molar-refractivity contribution in [2.75, 3.05) is 5.73 Å². The van der Waals surface area contributed by atoms with Crippen molar-refractivity contribution >= 4 is 24.7 Å². The van der Waals surface area contributed by atoms with Gasteiger partial charge in [0.1, 0.15) is 0 Å². The van der Waals surface area contributed by atoms with E-state index in [1.54, 1.807) is 0 Å². The van der Waals surface area contributed by atoms with Crippen LogP contribution < -0.4 is 11.3 Å². The molecule has 1 unspecified atom stereocenters. The summed E-state index contributed by atoms with van der Waals surface area (Å²) in [5, 5.41) is 9.84. The highest BCUT2D eigenvalue weighted by atomic mass is 31.2. The number of anilines is 1. The average Bonchev–Trinajstić information content (AvgIpc) is 2.70. The van der Waals surface area contributed by atoms with Gasteiger partial charge in [-0.05, 0) is 6.92 Å². The van der Waals surface area contributed by atoms with Gasteiger partial charge in [0.05, 0.1) is 24.6 Å². The Morgan fingerprint density at radius 3 is 2.80 bits per heavy atom. The Hall–Kier alpha value is -1.74. The predicted octanol–water partition coefficient (Wildman–Crippen LogP) is -1.37. The number of nitrogens with one attached hydrogen (secondary N) is 1. The Morgan fingerprint density at radius 2 is 2.20 bits per heavy atom. The molecule has 0 radical (unpaired) electrons. The van der Waals surface area contributed by atoms with E-state index < -0.39 is 24.9 Å². The molecule has 0 amide bonds. The minimum Gasteiger partial charge on any atom is -0.390 e. The van der Waals surface area contributed by atoms with E-state index in [1.807, 2.05) is 0 Å². The zero-order valence-electron chi connectivity index (χ0n) is 10.5. The normalized spacial score (nSPS) is 15.4. The van der Waals surface area contributed by atoms with Crippen molar-refractivity contribution in [1.82, 2.24) is 19.5 Å². The summed E-state index contributed by atoms with van der Waals surface area (Å²) >= 11 is 0. The maximum Gasteiger partial charge on any atom is 0.330 e. The largest absolute Gasteiger partial charge is 0.390 e. The Kier molecular flexibility index (Phi) is 3.65. The van der Waals surface area contributed by atoms with Gasteiger partial charge in [-0.15, -0.1) is 0 Å². The van der Waals surface area contributed by atoms with Crippen LogP contribution in [0.2, 0.25) is 0 Å². The summed E-state index contributed by atoms with van der Waals surface area (Å²) in [6.07, 6.45) is -0.0716. The monoisotopic (exact) mass is 303 g/mol. The van der Waals surface area contributed by atoms with Crippen molar-refractivity contribution in [2.24, 2.45) is 0 Å². The minimum atomic E-state index is -4.41. The molecular formula is C9H14N5O5P. The maximum absolute atomic E-state index is 11.6. The summed E-state index contributed by atoms with van der Waals surface area (Å²) in [5.41, 5.74) is 3.82. The molecule has 0 aliphatic rings. The van der Waals surface area contributed by atoms with E-state index in [1.165, 1.54) is 17.8 Å². The van der Waals surface area contributed by atoms with Crippen molar-refractivity contribution in [3.05, 3.63) is 16.7 Å². The van der Waals surface area contributed by atoms with E-state index in [0.29, 0.717) is 0 Å². The average molecular weight is 303 g/mol. The number of aliphatic hydroxyl groups is 1. The van der Waals surface area contributed by atoms with Crippen LogP contribution in [0.1, 0.15) is 6.92 Å². The molecule has 0 fully saturated rings. The van der Waals surface area contributed by atoms with Crippen LogP contribution in [0.15, 0.2) is 11.1 Å². The third-order valence-corrected chi connectivity index (χ3v) is 4.37. The zero-order valence-corrected chi connectivity index (χ0v) is 11.4. The summed E-state index contributed by atoms with van der Waals surface area (Å²) in [4.78, 5) is 39.6. The number of H-pyrrole nitrogens is 1. The lowest BCUT2D eigenvalue weighted by molar-refractivity contribution is 0.143. The number of aromatic amines is 1. The first kappa shape index (κ1) is 14.7. The van der Waals surface area contributed by atoms with Crippen LogP contribution in [-0.4, -0.2) is 46.2 Å². The molecule has 0 aliphatic heterocycles. The molecule has 0 saturated heterocycles. The molecule has 0 bridgehead atoms. The van der Waals surface area contributed by atoms with E-state index >= 15 is 0 Å². The van der Waals surface area contributed by atoms with Crippen LogP contribution in [0.3, 0.4) is 0 Å². The first-order chi connectivity index (χ1) is 9.20. The smallest absolute Gasteiger partial charge is 0.330 e. The Balaban J connectivity index is 2.36. The SMILES string of the molecule is CC([C@H](O)Cn1cnc2c(=O)[nH]c(N)nc21)P(=O)(O)O. The van der Waals surface area contributed by atoms with Gasteiger partial charge in [0.15, 0.2) is 11.2 Å². The second kappa shape index (κ2) is 4.98. The van der Waals surface area contributed by atoms with E-state index in [2.05, 4.69) is 15.0 Å². The third kappa shape index (κ3) is 2.73. The summed E-state index contributed by atoms with van der Waals surface area (Å²) in [6, 6.07) is 0. The minimum absolute atomic E-state index is 0.0373. The number of fused-ring (bicyclic) bond motifs is 1. The standard InChI is InChI=1S/C9H14N5O5P/c1-4(20(17,18)19)5(15)2-14-3-11-6-7(14)12-9(10)13-8(6)16/h3-5,15H,2H2,1H3,(H2,17,18,19)(H3,10,12,13,16)/t4?,5-/m1/s1. The fraction of sp³-hybridized carbons (Fsp3) is 0.444. The molecule has 2 aromatic rings. The van der Waals surface area contributed by atoms with Crippen molar-refractivity contribution in [1.29, 1.82) is 0 Å². The molecule has 2 rings (SSSR count). The zero-order chi connectivity index (χ0) is 15.1. The lowest BCUT2D eigenvalue weighted by Gasteiger charge is -2.20. The second-order valence-electron chi connectivity index (χ2n) is 4.42. The second-order valence-corrected chi connectivity index (χ2v) is 6.41. The Bertz CT molecular complexity index is 734. The molecule has 0 saturated carbocycles. The molecule has 0 aliphatic carbocycles. The van der Waals surface area contributed by atoms with E-state index in [4.69, 9.17) is 15.5 Å². The van der Waals surface area contributed by atoms with Crippen LogP contribution in [0.5, 0.6) is 0 Å². The van der Waals surface area contributed by atoms with Gasteiger partial charge in [0.25, 0.3) is 5.56 Å². The molecular weight excluding hydrogens is 289 g/mol. The lowest BCUT2D eigenvalue weighted by atomic mass is 10.2. The fourth-order valence-corrected chi connectivity index (χ4v) is 2.23. The van der Waals surface area contributed by atoms with Crippen LogP contribution in [0.4, 0.5) is 5.95 Å². The first-order valence-electron chi connectivity index (χ1n) is 5.64. The predicted molar refractivity (Wildman–Crippen MR) is 70.1 cm³/mol. The molecule has 2 atom stereocenters. The lowest BCUT2D eigenvalue weighted by Crippen LogP contribution is -2.28. The molecule has 11 heteroatoms. The van der Waals surface area contributed by atoms with Gasteiger partial charge in [0, 0.05) is 0 Å². The van der Waals surface area contributed by atoms with Gasteiger partial charge in [-0.25, -0.2) is 4.98 Å². The Morgan fingerprint density at radius 1 is 1.55 bits per heavy atom. The van der Waals surface area contributed by atoms with E-state index in [0.717, 1.165) is 0 Å². The summed E-state index contributed by atoms with van der Waals surface area (Å²) in [6.45, 7) is 1.07. The number of imidazole rings is 1. The Labute approximate surface area is 112 Å². The number of aliphatic hydroxyl groups excluding tert-OH is 1. The number of nitrogens with two attached hydrogens (primary N) is 1. The molecule has 0 aromatic carbocycles. The molecule has 2 aromatic heterocycles. The summed E-state index contributed by atoms with van der Waals surface area (Å²) in [7, 11) is -4.41. The number of hydrogen-bond donors (Lipinski definition) is 5. The van der Waals surface area contributed by atoms with Crippen molar-refractivity contribution < 1.29 is 19.5 Å². The van der Waals surface area contributed by atoms with Gasteiger partial charge >= 0.3 is 7.60 Å². The fourth-order valence-electron chi connectivity index (χ4n) is 1.68. The molecule has 20 heavy (non-hydrogen) atoms. The van der Waals surface area contributed by atoms with Gasteiger partial charge in [0.2, 0.25) is 5.95 Å². The van der Waals surface area contributed by atoms with Crippen LogP contribution in [-0.2, 0) is 11.1 Å². The van der Waals surface area contributed by atoms with E-state index in [9.17, 15) is 14.5 Å². The van der Waals surface area contributed by atoms with Gasteiger partial charge in [-0.2, -0.15) is 4.98 Å². The molecule has 6 N–H and O–H groups in total. The maximum atomic E-state index is 11.6. The molecule has 10 nitrogen and oxygen atoms in total. The van der Waals surface area contributed by atoms with Gasteiger partial charge in [-0.1, -0.05) is 0 Å². The van der Waals surface area contributed by atoms with E-state index in [-0.39, 0.29) is 23.7 Å². The van der Waals surface area contributed by atoms with Crippen LogP contribution in [0, 0.1) is 0 Å².